The van der Waals surface area contributed by atoms with Crippen molar-refractivity contribution in [2.75, 3.05) is 36.2 Å². The van der Waals surface area contributed by atoms with Gasteiger partial charge in [-0.25, -0.2) is 16.8 Å². The van der Waals surface area contributed by atoms with Crippen LogP contribution in [0, 0.1) is 0 Å². The summed E-state index contributed by atoms with van der Waals surface area (Å²) in [5.74, 6) is 0.426. The van der Waals surface area contributed by atoms with Gasteiger partial charge < -0.3 is 9.64 Å². The van der Waals surface area contributed by atoms with Crippen molar-refractivity contribution in [1.29, 1.82) is 0 Å². The summed E-state index contributed by atoms with van der Waals surface area (Å²) in [7, 11) is -5.94. The van der Waals surface area contributed by atoms with Crippen molar-refractivity contribution >= 4 is 26.1 Å². The largest absolute Gasteiger partial charge is 0.377 e. The zero-order chi connectivity index (χ0) is 15.5. The topological polar surface area (TPSA) is 97.8 Å². The van der Waals surface area contributed by atoms with E-state index in [0.717, 1.165) is 0 Å². The number of rotatable bonds is 7. The van der Waals surface area contributed by atoms with Crippen molar-refractivity contribution in [3.8, 4) is 0 Å². The minimum atomic E-state index is -3.01. The number of carbonyl (C=O) groups excluding carboxylic acids is 1. The Kier molecular flexibility index (Phi) is 5.26. The molecule has 0 aromatic heterocycles. The Morgan fingerprint density at radius 1 is 1.05 bits per heavy atom. The number of hydrogen-bond acceptors (Lipinski definition) is 6. The third-order valence-electron chi connectivity index (χ3n) is 3.92. The first kappa shape index (κ1) is 16.7. The molecule has 2 atom stereocenters. The molecule has 0 bridgehead atoms. The van der Waals surface area contributed by atoms with Gasteiger partial charge in [0.25, 0.3) is 0 Å². The lowest BCUT2D eigenvalue weighted by Crippen LogP contribution is -2.36. The van der Waals surface area contributed by atoms with Crippen molar-refractivity contribution < 1.29 is 26.4 Å². The molecule has 0 unspecified atom stereocenters. The summed E-state index contributed by atoms with van der Waals surface area (Å²) in [5.41, 5.74) is 0. The molecule has 2 fully saturated rings. The SMILES string of the molecule is O=CN(CCCO[C@H]1CCS(=O)(=O)C1)[C@@H]1CCS(=O)(=O)C1. The van der Waals surface area contributed by atoms with E-state index in [-0.39, 0.29) is 35.2 Å². The second kappa shape index (κ2) is 6.62. The van der Waals surface area contributed by atoms with Gasteiger partial charge in [-0.15, -0.1) is 0 Å². The maximum absolute atomic E-state index is 11.4. The Balaban J connectivity index is 1.69. The van der Waals surface area contributed by atoms with Crippen LogP contribution >= 0.6 is 0 Å². The highest BCUT2D eigenvalue weighted by atomic mass is 32.2. The molecule has 0 radical (unpaired) electrons. The molecule has 2 heterocycles. The van der Waals surface area contributed by atoms with E-state index in [2.05, 4.69) is 0 Å². The second-order valence-electron chi connectivity index (χ2n) is 5.65. The molecule has 2 rings (SSSR count). The third-order valence-corrected chi connectivity index (χ3v) is 7.41. The molecule has 2 saturated heterocycles. The number of sulfone groups is 2. The van der Waals surface area contributed by atoms with Crippen LogP contribution in [-0.4, -0.2) is 76.5 Å². The Labute approximate surface area is 125 Å². The molecule has 0 spiro atoms. The minimum Gasteiger partial charge on any atom is -0.377 e. The van der Waals surface area contributed by atoms with Gasteiger partial charge in [0.15, 0.2) is 19.7 Å². The van der Waals surface area contributed by atoms with E-state index in [9.17, 15) is 21.6 Å². The van der Waals surface area contributed by atoms with Crippen LogP contribution < -0.4 is 0 Å². The molecular formula is C12H21NO6S2. The zero-order valence-electron chi connectivity index (χ0n) is 11.8. The number of ether oxygens (including phenoxy) is 1. The predicted molar refractivity (Wildman–Crippen MR) is 77.5 cm³/mol. The maximum Gasteiger partial charge on any atom is 0.209 e. The van der Waals surface area contributed by atoms with E-state index >= 15 is 0 Å². The minimum absolute atomic E-state index is 0.0352. The average Bonchev–Trinajstić information content (AvgIpc) is 2.92. The van der Waals surface area contributed by atoms with E-state index in [1.165, 1.54) is 4.90 Å². The number of carbonyl (C=O) groups is 1. The van der Waals surface area contributed by atoms with Crippen molar-refractivity contribution in [2.24, 2.45) is 0 Å². The van der Waals surface area contributed by atoms with E-state index in [1.807, 2.05) is 0 Å². The lowest BCUT2D eigenvalue weighted by atomic mass is 10.2. The molecule has 21 heavy (non-hydrogen) atoms. The molecule has 0 aromatic rings. The van der Waals surface area contributed by atoms with Gasteiger partial charge in [-0.2, -0.15) is 0 Å². The van der Waals surface area contributed by atoms with Gasteiger partial charge in [-0.1, -0.05) is 0 Å². The fourth-order valence-corrected chi connectivity index (χ4v) is 6.11. The van der Waals surface area contributed by atoms with Crippen molar-refractivity contribution in [3.05, 3.63) is 0 Å². The summed E-state index contributed by atoms with van der Waals surface area (Å²) in [6.07, 6.45) is 2.03. The summed E-state index contributed by atoms with van der Waals surface area (Å²) in [6, 6.07) is -0.237. The van der Waals surface area contributed by atoms with Crippen molar-refractivity contribution in [1.82, 2.24) is 4.90 Å². The molecule has 1 amide bonds. The highest BCUT2D eigenvalue weighted by molar-refractivity contribution is 7.91. The molecule has 0 saturated carbocycles. The van der Waals surface area contributed by atoms with E-state index in [4.69, 9.17) is 4.74 Å². The molecule has 0 N–H and O–H groups in total. The van der Waals surface area contributed by atoms with Gasteiger partial charge in [0.1, 0.15) is 0 Å². The lowest BCUT2D eigenvalue weighted by molar-refractivity contribution is -0.120. The second-order valence-corrected chi connectivity index (χ2v) is 10.1. The lowest BCUT2D eigenvalue weighted by Gasteiger charge is -2.23. The fourth-order valence-electron chi connectivity index (χ4n) is 2.75. The molecule has 0 aromatic carbocycles. The first-order valence-electron chi connectivity index (χ1n) is 7.05. The highest BCUT2D eigenvalue weighted by Gasteiger charge is 2.32. The van der Waals surface area contributed by atoms with Gasteiger partial charge in [-0.05, 0) is 19.3 Å². The van der Waals surface area contributed by atoms with Crippen molar-refractivity contribution in [3.63, 3.8) is 0 Å². The van der Waals surface area contributed by atoms with Crippen LogP contribution in [0.1, 0.15) is 19.3 Å². The fraction of sp³-hybridized carbons (Fsp3) is 0.917. The first-order valence-corrected chi connectivity index (χ1v) is 10.7. The van der Waals surface area contributed by atoms with Gasteiger partial charge in [0.2, 0.25) is 6.41 Å². The normalized spacial score (nSPS) is 30.3. The first-order chi connectivity index (χ1) is 9.81. The Morgan fingerprint density at radius 2 is 1.71 bits per heavy atom. The Hall–Kier alpha value is -0.670. The smallest absolute Gasteiger partial charge is 0.209 e. The average molecular weight is 339 g/mol. The Bertz CT molecular complexity index is 571. The van der Waals surface area contributed by atoms with Crippen LogP contribution in [0.4, 0.5) is 0 Å². The molecular weight excluding hydrogens is 318 g/mol. The van der Waals surface area contributed by atoms with Crippen LogP contribution in [0.25, 0.3) is 0 Å². The molecule has 7 nitrogen and oxygen atoms in total. The third kappa shape index (κ3) is 4.93. The van der Waals surface area contributed by atoms with Gasteiger partial charge >= 0.3 is 0 Å². The monoisotopic (exact) mass is 339 g/mol. The number of nitrogens with zero attached hydrogens (tertiary/aromatic N) is 1. The predicted octanol–water partition coefficient (Wildman–Crippen LogP) is -0.774. The summed E-state index contributed by atoms with van der Waals surface area (Å²) >= 11 is 0. The van der Waals surface area contributed by atoms with Crippen molar-refractivity contribution in [2.45, 2.75) is 31.4 Å². The summed E-state index contributed by atoms with van der Waals surface area (Å²) in [6.45, 7) is 0.813. The van der Waals surface area contributed by atoms with Crippen LogP contribution in [0.2, 0.25) is 0 Å². The summed E-state index contributed by atoms with van der Waals surface area (Å²) in [5, 5.41) is 0. The van der Waals surface area contributed by atoms with E-state index in [1.54, 1.807) is 0 Å². The van der Waals surface area contributed by atoms with Crippen LogP contribution in [-0.2, 0) is 29.2 Å². The zero-order valence-corrected chi connectivity index (χ0v) is 13.4. The summed E-state index contributed by atoms with van der Waals surface area (Å²) < 4.78 is 50.8. The van der Waals surface area contributed by atoms with Gasteiger partial charge in [0, 0.05) is 19.2 Å². The standard InChI is InChI=1S/C12H21NO6S2/c14-10-13(11-2-6-20(15,16)8-11)4-1-5-19-12-3-7-21(17,18)9-12/h10-12H,1-9H2/t11-,12+/m1/s1. The van der Waals surface area contributed by atoms with Gasteiger partial charge in [-0.3, -0.25) is 4.79 Å². The molecule has 2 aliphatic rings. The molecule has 0 aliphatic carbocycles. The van der Waals surface area contributed by atoms with E-state index in [0.29, 0.717) is 38.8 Å². The Morgan fingerprint density at radius 3 is 2.24 bits per heavy atom. The molecule has 2 aliphatic heterocycles. The van der Waals surface area contributed by atoms with Crippen LogP contribution in [0.15, 0.2) is 0 Å². The number of amides is 1. The van der Waals surface area contributed by atoms with Gasteiger partial charge in [0.05, 0.1) is 29.1 Å². The molecule has 9 heteroatoms. The highest BCUT2D eigenvalue weighted by Crippen LogP contribution is 2.17. The van der Waals surface area contributed by atoms with Crippen LogP contribution in [0.3, 0.4) is 0 Å². The maximum atomic E-state index is 11.4. The quantitative estimate of drug-likeness (QED) is 0.446. The van der Waals surface area contributed by atoms with Crippen LogP contribution in [0.5, 0.6) is 0 Å². The van der Waals surface area contributed by atoms with E-state index < -0.39 is 19.7 Å². The number of hydrogen-bond donors (Lipinski definition) is 0. The molecule has 122 valence electrons. The summed E-state index contributed by atoms with van der Waals surface area (Å²) in [4.78, 5) is 12.6.